The smallest absolute Gasteiger partial charge is 0.327 e. The highest BCUT2D eigenvalue weighted by Crippen LogP contribution is 2.34. The van der Waals surface area contributed by atoms with Gasteiger partial charge in [-0.3, -0.25) is 10.1 Å². The van der Waals surface area contributed by atoms with Crippen LogP contribution in [0.25, 0.3) is 0 Å². The summed E-state index contributed by atoms with van der Waals surface area (Å²) in [7, 11) is 1.38. The molecular formula is C18H19FN2O4. The Morgan fingerprint density at radius 1 is 1.32 bits per heavy atom. The van der Waals surface area contributed by atoms with E-state index < -0.39 is 16.4 Å². The zero-order valence-corrected chi connectivity index (χ0v) is 13.8. The quantitative estimate of drug-likeness (QED) is 0.598. The molecular weight excluding hydrogens is 327 g/mol. The van der Waals surface area contributed by atoms with E-state index in [4.69, 9.17) is 9.47 Å². The molecule has 1 N–H and O–H groups in total. The van der Waals surface area contributed by atoms with Crippen LogP contribution in [0.3, 0.4) is 0 Å². The fraction of sp³-hybridized carbons (Fsp3) is 0.333. The summed E-state index contributed by atoms with van der Waals surface area (Å²) in [5, 5.41) is 14.1. The fourth-order valence-electron chi connectivity index (χ4n) is 2.64. The summed E-state index contributed by atoms with van der Waals surface area (Å²) in [4.78, 5) is 10.4. The standard InChI is InChI=1S/C18H19FN2O4/c1-24-14-9-15(19)18(21(22)23)16(10-14)20-11-12-5-2-3-8-17(12)25-13-6-4-7-13/h2-3,5,8-10,13,20H,4,6-7,11H2,1H3. The highest BCUT2D eigenvalue weighted by Gasteiger charge is 2.23. The molecule has 0 atom stereocenters. The summed E-state index contributed by atoms with van der Waals surface area (Å²) in [5.41, 5.74) is 0.324. The van der Waals surface area contributed by atoms with Crippen molar-refractivity contribution >= 4 is 11.4 Å². The molecule has 2 aromatic rings. The normalized spacial score (nSPS) is 13.8. The third kappa shape index (κ3) is 3.81. The summed E-state index contributed by atoms with van der Waals surface area (Å²) < 4.78 is 24.9. The maximum atomic E-state index is 14.0. The first kappa shape index (κ1) is 17.0. The average Bonchev–Trinajstić information content (AvgIpc) is 2.56. The zero-order chi connectivity index (χ0) is 17.8. The molecule has 25 heavy (non-hydrogen) atoms. The molecule has 0 amide bonds. The number of benzene rings is 2. The van der Waals surface area contributed by atoms with E-state index in [9.17, 15) is 14.5 Å². The number of halogens is 1. The molecule has 0 bridgehead atoms. The van der Waals surface area contributed by atoms with Crippen LogP contribution in [0.15, 0.2) is 36.4 Å². The summed E-state index contributed by atoms with van der Waals surface area (Å²) in [5.74, 6) is 0.0150. The molecule has 3 rings (SSSR count). The van der Waals surface area contributed by atoms with Gasteiger partial charge in [0.15, 0.2) is 0 Å². The first-order valence-corrected chi connectivity index (χ1v) is 8.09. The lowest BCUT2D eigenvalue weighted by molar-refractivity contribution is -0.386. The monoisotopic (exact) mass is 346 g/mol. The Labute approximate surface area is 144 Å². The van der Waals surface area contributed by atoms with Crippen molar-refractivity contribution in [2.75, 3.05) is 12.4 Å². The molecule has 0 aliphatic heterocycles. The summed E-state index contributed by atoms with van der Waals surface area (Å²) in [6, 6.07) is 9.91. The predicted octanol–water partition coefficient (Wildman–Crippen LogP) is 4.29. The lowest BCUT2D eigenvalue weighted by Gasteiger charge is -2.27. The molecule has 6 nitrogen and oxygen atoms in total. The molecule has 7 heteroatoms. The van der Waals surface area contributed by atoms with E-state index in [1.807, 2.05) is 24.3 Å². The number of rotatable bonds is 7. The molecule has 0 heterocycles. The number of nitro benzene ring substituents is 1. The van der Waals surface area contributed by atoms with Crippen LogP contribution in [-0.4, -0.2) is 18.1 Å². The Bertz CT molecular complexity index is 778. The number of methoxy groups -OCH3 is 1. The number of para-hydroxylation sites is 1. The van der Waals surface area contributed by atoms with Crippen molar-refractivity contribution < 1.29 is 18.8 Å². The van der Waals surface area contributed by atoms with Crippen molar-refractivity contribution in [3.63, 3.8) is 0 Å². The van der Waals surface area contributed by atoms with Gasteiger partial charge in [0.05, 0.1) is 18.1 Å². The van der Waals surface area contributed by atoms with E-state index in [-0.39, 0.29) is 24.1 Å². The van der Waals surface area contributed by atoms with E-state index in [0.717, 1.165) is 30.2 Å². The molecule has 132 valence electrons. The SMILES string of the molecule is COc1cc(F)c([N+](=O)[O-])c(NCc2ccccc2OC2CCC2)c1. The minimum atomic E-state index is -0.939. The molecule has 1 aliphatic rings. The van der Waals surface area contributed by atoms with Crippen LogP contribution >= 0.6 is 0 Å². The van der Waals surface area contributed by atoms with Crippen LogP contribution in [0.1, 0.15) is 24.8 Å². The van der Waals surface area contributed by atoms with Gasteiger partial charge in [-0.2, -0.15) is 4.39 Å². The van der Waals surface area contributed by atoms with Crippen molar-refractivity contribution in [1.82, 2.24) is 0 Å². The molecule has 1 fully saturated rings. The maximum absolute atomic E-state index is 14.0. The van der Waals surface area contributed by atoms with Gasteiger partial charge < -0.3 is 14.8 Å². The van der Waals surface area contributed by atoms with E-state index >= 15 is 0 Å². The fourth-order valence-corrected chi connectivity index (χ4v) is 2.64. The van der Waals surface area contributed by atoms with Crippen LogP contribution < -0.4 is 14.8 Å². The van der Waals surface area contributed by atoms with Gasteiger partial charge in [-0.15, -0.1) is 0 Å². The highest BCUT2D eigenvalue weighted by atomic mass is 19.1. The first-order chi connectivity index (χ1) is 12.1. The van der Waals surface area contributed by atoms with Gasteiger partial charge in [0.2, 0.25) is 5.82 Å². The second-order valence-corrected chi connectivity index (χ2v) is 5.89. The van der Waals surface area contributed by atoms with Gasteiger partial charge in [0.25, 0.3) is 0 Å². The van der Waals surface area contributed by atoms with Crippen LogP contribution in [0.4, 0.5) is 15.8 Å². The van der Waals surface area contributed by atoms with Crippen molar-refractivity contribution in [3.8, 4) is 11.5 Å². The van der Waals surface area contributed by atoms with Crippen LogP contribution in [0, 0.1) is 15.9 Å². The largest absolute Gasteiger partial charge is 0.497 e. The van der Waals surface area contributed by atoms with Crippen molar-refractivity contribution in [3.05, 3.63) is 57.9 Å². The van der Waals surface area contributed by atoms with Crippen LogP contribution in [0.5, 0.6) is 11.5 Å². The van der Waals surface area contributed by atoms with Gasteiger partial charge in [-0.25, -0.2) is 0 Å². The number of nitrogens with one attached hydrogen (secondary N) is 1. The molecule has 0 spiro atoms. The molecule has 1 aliphatic carbocycles. The van der Waals surface area contributed by atoms with Crippen LogP contribution in [0.2, 0.25) is 0 Å². The topological polar surface area (TPSA) is 73.6 Å². The Hall–Kier alpha value is -2.83. The summed E-state index contributed by atoms with van der Waals surface area (Å²) in [6.45, 7) is 0.274. The summed E-state index contributed by atoms with van der Waals surface area (Å²) in [6.07, 6.45) is 3.47. The minimum Gasteiger partial charge on any atom is -0.497 e. The van der Waals surface area contributed by atoms with E-state index in [0.29, 0.717) is 0 Å². The number of nitrogens with zero attached hydrogens (tertiary/aromatic N) is 1. The zero-order valence-electron chi connectivity index (χ0n) is 13.8. The van der Waals surface area contributed by atoms with E-state index in [2.05, 4.69) is 5.32 Å². The van der Waals surface area contributed by atoms with Crippen LogP contribution in [-0.2, 0) is 6.54 Å². The second kappa shape index (κ2) is 7.38. The van der Waals surface area contributed by atoms with Gasteiger partial charge in [-0.05, 0) is 25.3 Å². The number of anilines is 1. The van der Waals surface area contributed by atoms with Gasteiger partial charge in [-0.1, -0.05) is 18.2 Å². The van der Waals surface area contributed by atoms with E-state index in [1.54, 1.807) is 0 Å². The van der Waals surface area contributed by atoms with Crippen molar-refractivity contribution in [2.24, 2.45) is 0 Å². The molecule has 0 saturated heterocycles. The highest BCUT2D eigenvalue weighted by molar-refractivity contribution is 5.65. The lowest BCUT2D eigenvalue weighted by atomic mass is 9.96. The average molecular weight is 346 g/mol. The third-order valence-corrected chi connectivity index (χ3v) is 4.24. The van der Waals surface area contributed by atoms with Crippen molar-refractivity contribution in [1.29, 1.82) is 0 Å². The lowest BCUT2D eigenvalue weighted by Crippen LogP contribution is -2.25. The maximum Gasteiger partial charge on any atom is 0.327 e. The third-order valence-electron chi connectivity index (χ3n) is 4.24. The number of ether oxygens (including phenoxy) is 2. The molecule has 0 unspecified atom stereocenters. The van der Waals surface area contributed by atoms with E-state index in [1.165, 1.54) is 19.6 Å². The van der Waals surface area contributed by atoms with Gasteiger partial charge in [0.1, 0.15) is 17.2 Å². The van der Waals surface area contributed by atoms with Gasteiger partial charge >= 0.3 is 5.69 Å². The molecule has 0 radical (unpaired) electrons. The number of nitro groups is 1. The summed E-state index contributed by atoms with van der Waals surface area (Å²) >= 11 is 0. The molecule has 0 aromatic heterocycles. The molecule has 2 aromatic carbocycles. The molecule has 1 saturated carbocycles. The number of hydrogen-bond donors (Lipinski definition) is 1. The predicted molar refractivity (Wildman–Crippen MR) is 91.6 cm³/mol. The van der Waals surface area contributed by atoms with Gasteiger partial charge in [0, 0.05) is 24.2 Å². The second-order valence-electron chi connectivity index (χ2n) is 5.89. The Morgan fingerprint density at radius 2 is 2.08 bits per heavy atom. The number of hydrogen-bond acceptors (Lipinski definition) is 5. The Kier molecular flexibility index (Phi) is 5.02. The Morgan fingerprint density at radius 3 is 2.72 bits per heavy atom. The Balaban J connectivity index is 1.81. The van der Waals surface area contributed by atoms with Crippen molar-refractivity contribution in [2.45, 2.75) is 31.9 Å². The first-order valence-electron chi connectivity index (χ1n) is 8.09. The minimum absolute atomic E-state index is 0.0697.